The van der Waals surface area contributed by atoms with Gasteiger partial charge in [0.1, 0.15) is 11.7 Å². The molecule has 0 saturated carbocycles. The molecule has 1 aromatic carbocycles. The van der Waals surface area contributed by atoms with Crippen LogP contribution in [0.5, 0.6) is 11.9 Å². The van der Waals surface area contributed by atoms with Gasteiger partial charge in [-0.05, 0) is 40.5 Å². The number of halogens is 1. The van der Waals surface area contributed by atoms with Crippen LogP contribution in [0.25, 0.3) is 0 Å². The molecule has 3 N–H and O–H groups in total. The van der Waals surface area contributed by atoms with Crippen LogP contribution in [-0.2, 0) is 19.1 Å². The van der Waals surface area contributed by atoms with Crippen molar-refractivity contribution in [3.8, 4) is 11.9 Å². The second-order valence-corrected chi connectivity index (χ2v) is 8.88. The zero-order valence-corrected chi connectivity index (χ0v) is 23.4. The number of nitrogens with zero attached hydrogens (tertiary/aromatic N) is 3. The van der Waals surface area contributed by atoms with Gasteiger partial charge in [-0.3, -0.25) is 9.59 Å². The number of rotatable bonds is 14. The van der Waals surface area contributed by atoms with Crippen molar-refractivity contribution in [1.29, 1.82) is 0 Å². The van der Waals surface area contributed by atoms with E-state index < -0.39 is 30.0 Å². The van der Waals surface area contributed by atoms with Crippen molar-refractivity contribution in [2.24, 2.45) is 0 Å². The Morgan fingerprint density at radius 2 is 1.87 bits per heavy atom. The molecule has 2 rings (SSSR count). The van der Waals surface area contributed by atoms with Crippen molar-refractivity contribution in [3.63, 3.8) is 0 Å². The van der Waals surface area contributed by atoms with E-state index in [-0.39, 0.29) is 43.4 Å². The largest absolute Gasteiger partial charge is 0.479 e. The van der Waals surface area contributed by atoms with Crippen molar-refractivity contribution in [2.75, 3.05) is 58.8 Å². The molecule has 2 atom stereocenters. The molecule has 0 aliphatic carbocycles. The summed E-state index contributed by atoms with van der Waals surface area (Å²) in [5.41, 5.74) is 1.39. The van der Waals surface area contributed by atoms with E-state index in [1.165, 1.54) is 34.6 Å². The summed E-state index contributed by atoms with van der Waals surface area (Å²) < 4.78 is 20.2. The molecule has 1 aromatic heterocycles. The van der Waals surface area contributed by atoms with Crippen LogP contribution in [0.15, 0.2) is 28.9 Å². The smallest absolute Gasteiger partial charge is 0.328 e. The number of amides is 1. The number of carbonyl (C=O) groups is 3. The molecule has 0 radical (unpaired) electrons. The summed E-state index contributed by atoms with van der Waals surface area (Å²) in [6.45, 7) is 0.370. The summed E-state index contributed by atoms with van der Waals surface area (Å²) in [5, 5.41) is 16.3. The van der Waals surface area contributed by atoms with Gasteiger partial charge in [0.2, 0.25) is 5.88 Å². The highest BCUT2D eigenvalue weighted by Gasteiger charge is 2.24. The lowest BCUT2D eigenvalue weighted by molar-refractivity contribution is -0.144. The third-order valence-corrected chi connectivity index (χ3v) is 6.07. The fourth-order valence-corrected chi connectivity index (χ4v) is 3.93. The molecule has 1 amide bonds. The molecule has 1 unspecified atom stereocenters. The lowest BCUT2D eigenvalue weighted by atomic mass is 10.1. The molecule has 0 fully saturated rings. The predicted octanol–water partition coefficient (Wildman–Crippen LogP) is 1.39. The number of esters is 2. The maximum absolute atomic E-state index is 12.9. The van der Waals surface area contributed by atoms with Crippen molar-refractivity contribution in [3.05, 3.63) is 34.4 Å². The van der Waals surface area contributed by atoms with Crippen LogP contribution in [0.4, 0.5) is 11.4 Å². The van der Waals surface area contributed by atoms with Crippen molar-refractivity contribution >= 4 is 45.2 Å². The van der Waals surface area contributed by atoms with Crippen molar-refractivity contribution in [1.82, 2.24) is 15.3 Å². The summed E-state index contributed by atoms with van der Waals surface area (Å²) in [4.78, 5) is 46.4. The lowest BCUT2D eigenvalue weighted by Crippen LogP contribution is -2.42. The molecule has 0 bridgehead atoms. The van der Waals surface area contributed by atoms with Gasteiger partial charge < -0.3 is 39.6 Å². The second kappa shape index (κ2) is 14.9. The van der Waals surface area contributed by atoms with E-state index in [9.17, 15) is 19.5 Å². The first kappa shape index (κ1) is 30.6. The van der Waals surface area contributed by atoms with Crippen LogP contribution in [0, 0.1) is 0 Å². The first-order chi connectivity index (χ1) is 18.1. The number of carbonyl (C=O) groups excluding carboxylic acids is 3. The van der Waals surface area contributed by atoms with Crippen LogP contribution in [0.1, 0.15) is 23.2 Å². The Balaban J connectivity index is 2.06. The summed E-state index contributed by atoms with van der Waals surface area (Å²) >= 11 is 3.47. The van der Waals surface area contributed by atoms with Gasteiger partial charge in [0, 0.05) is 36.6 Å². The van der Waals surface area contributed by atoms with Crippen LogP contribution in [0.3, 0.4) is 0 Å². The minimum absolute atomic E-state index is 0.0254. The van der Waals surface area contributed by atoms with E-state index in [1.807, 2.05) is 0 Å². The molecule has 14 heteroatoms. The van der Waals surface area contributed by atoms with Gasteiger partial charge in [0.15, 0.2) is 0 Å². The zero-order chi connectivity index (χ0) is 28.2. The number of aliphatic hydroxyl groups is 1. The molecule has 0 aliphatic heterocycles. The topological polar surface area (TPSA) is 161 Å². The number of nitrogens with one attached hydrogen (secondary N) is 2. The van der Waals surface area contributed by atoms with E-state index in [4.69, 9.17) is 14.2 Å². The van der Waals surface area contributed by atoms with Gasteiger partial charge in [-0.1, -0.05) is 0 Å². The van der Waals surface area contributed by atoms with E-state index in [1.54, 1.807) is 30.1 Å². The SMILES string of the molecule is COC(=O)CC[C@H](NC(=O)c1ccc(Br)c(N(C)CC(O)CNc2cnc(OC)nc2OC)c1)C(=O)OC. The Morgan fingerprint density at radius 3 is 2.50 bits per heavy atom. The molecule has 0 saturated heterocycles. The van der Waals surface area contributed by atoms with Crippen LogP contribution >= 0.6 is 15.9 Å². The van der Waals surface area contributed by atoms with Crippen LogP contribution in [0.2, 0.25) is 0 Å². The number of anilines is 2. The summed E-state index contributed by atoms with van der Waals surface area (Å²) in [7, 11) is 7.11. The van der Waals surface area contributed by atoms with Gasteiger partial charge in [0.05, 0.1) is 46.4 Å². The van der Waals surface area contributed by atoms with Crippen molar-refractivity contribution in [2.45, 2.75) is 25.0 Å². The highest BCUT2D eigenvalue weighted by molar-refractivity contribution is 9.10. The Hall–Kier alpha value is -3.65. The molecule has 0 spiro atoms. The van der Waals surface area contributed by atoms with Gasteiger partial charge >= 0.3 is 17.9 Å². The normalized spacial score (nSPS) is 12.1. The molecule has 208 valence electrons. The molecule has 38 heavy (non-hydrogen) atoms. The molecular formula is C24H32BrN5O8. The Bertz CT molecular complexity index is 1120. The molecule has 13 nitrogen and oxygen atoms in total. The highest BCUT2D eigenvalue weighted by Crippen LogP contribution is 2.27. The quantitative estimate of drug-likeness (QED) is 0.269. The number of aromatic nitrogens is 2. The number of aliphatic hydroxyl groups excluding tert-OH is 1. The molecular weight excluding hydrogens is 566 g/mol. The maximum Gasteiger partial charge on any atom is 0.328 e. The van der Waals surface area contributed by atoms with E-state index in [0.717, 1.165) is 0 Å². The van der Waals surface area contributed by atoms with Gasteiger partial charge in [-0.15, -0.1) is 0 Å². The number of benzene rings is 1. The second-order valence-electron chi connectivity index (χ2n) is 8.03. The number of ether oxygens (including phenoxy) is 4. The van der Waals surface area contributed by atoms with Gasteiger partial charge in [0.25, 0.3) is 5.91 Å². The average Bonchev–Trinajstić information content (AvgIpc) is 2.93. The summed E-state index contributed by atoms with van der Waals surface area (Å²) in [5.74, 6) is -1.44. The number of methoxy groups -OCH3 is 4. The van der Waals surface area contributed by atoms with Crippen LogP contribution in [-0.4, -0.2) is 93.6 Å². The number of hydrogen-bond acceptors (Lipinski definition) is 12. The third-order valence-electron chi connectivity index (χ3n) is 5.40. The van der Waals surface area contributed by atoms with Gasteiger partial charge in [-0.2, -0.15) is 4.98 Å². The first-order valence-corrected chi connectivity index (χ1v) is 12.3. The summed E-state index contributed by atoms with van der Waals surface area (Å²) in [6.07, 6.45) is 0.633. The molecule has 0 aliphatic rings. The zero-order valence-electron chi connectivity index (χ0n) is 21.8. The monoisotopic (exact) mass is 597 g/mol. The first-order valence-electron chi connectivity index (χ1n) is 11.5. The Kier molecular flexibility index (Phi) is 12.0. The standard InChI is InChI=1S/C24H32BrN5O8/c1-30(13-15(31)11-26-18-12-27-24(38-5)29-22(18)36-3)19-10-14(6-7-16(19)25)21(33)28-17(23(34)37-4)8-9-20(32)35-2/h6-7,10,12,15,17,26,31H,8-9,11,13H2,1-5H3,(H,28,33)/t15?,17-/m0/s1. The Morgan fingerprint density at radius 1 is 1.13 bits per heavy atom. The minimum Gasteiger partial charge on any atom is -0.479 e. The highest BCUT2D eigenvalue weighted by atomic mass is 79.9. The lowest BCUT2D eigenvalue weighted by Gasteiger charge is -2.25. The fraction of sp³-hybridized carbons (Fsp3) is 0.458. The van der Waals surface area contributed by atoms with Gasteiger partial charge in [-0.25, -0.2) is 9.78 Å². The number of likely N-dealkylation sites (N-methyl/N-ethyl adjacent to an activating group) is 1. The molecule has 2 aromatic rings. The van der Waals surface area contributed by atoms with Crippen molar-refractivity contribution < 1.29 is 38.4 Å². The predicted molar refractivity (Wildman–Crippen MR) is 142 cm³/mol. The molecule has 1 heterocycles. The fourth-order valence-electron chi connectivity index (χ4n) is 3.38. The third kappa shape index (κ3) is 8.73. The van der Waals surface area contributed by atoms with Crippen LogP contribution < -0.4 is 25.0 Å². The van der Waals surface area contributed by atoms with E-state index >= 15 is 0 Å². The average molecular weight is 598 g/mol. The minimum atomic E-state index is -1.02. The van der Waals surface area contributed by atoms with E-state index in [2.05, 4.69) is 41.3 Å². The number of hydrogen-bond donors (Lipinski definition) is 3. The summed E-state index contributed by atoms with van der Waals surface area (Å²) in [6, 6.07) is 4.02. The maximum atomic E-state index is 12.9. The van der Waals surface area contributed by atoms with E-state index in [0.29, 0.717) is 15.8 Å². The Labute approximate surface area is 228 Å².